The number of anilines is 1. The standard InChI is InChI=1S/C8H9BrClNO2S/c1-11(2)6-3-4-7(9)8(5-6)14(10,12)13/h3-5H,1-2H3. The molecule has 0 aliphatic rings. The van der Waals surface area contributed by atoms with Crippen molar-refractivity contribution in [3.8, 4) is 0 Å². The summed E-state index contributed by atoms with van der Waals surface area (Å²) < 4.78 is 22.8. The normalized spacial score (nSPS) is 11.4. The van der Waals surface area contributed by atoms with Crippen molar-refractivity contribution >= 4 is 41.4 Å². The van der Waals surface area contributed by atoms with Gasteiger partial charge in [-0.05, 0) is 34.1 Å². The molecule has 3 nitrogen and oxygen atoms in total. The van der Waals surface area contributed by atoms with Crippen molar-refractivity contribution in [2.24, 2.45) is 0 Å². The molecule has 0 N–H and O–H groups in total. The summed E-state index contributed by atoms with van der Waals surface area (Å²) in [6.45, 7) is 0. The molecule has 0 aliphatic carbocycles. The Hall–Kier alpha value is -0.260. The van der Waals surface area contributed by atoms with Crippen molar-refractivity contribution in [3.63, 3.8) is 0 Å². The highest BCUT2D eigenvalue weighted by atomic mass is 79.9. The fourth-order valence-corrected chi connectivity index (χ4v) is 3.07. The zero-order valence-electron chi connectivity index (χ0n) is 7.66. The highest BCUT2D eigenvalue weighted by molar-refractivity contribution is 9.10. The first-order valence-electron chi connectivity index (χ1n) is 3.74. The minimum absolute atomic E-state index is 0.0883. The summed E-state index contributed by atoms with van der Waals surface area (Å²) in [6, 6.07) is 4.98. The van der Waals surface area contributed by atoms with Crippen LogP contribution in [0.4, 0.5) is 5.69 Å². The highest BCUT2D eigenvalue weighted by Gasteiger charge is 2.15. The number of halogens is 2. The van der Waals surface area contributed by atoms with Gasteiger partial charge in [-0.2, -0.15) is 0 Å². The van der Waals surface area contributed by atoms with E-state index in [1.54, 1.807) is 17.0 Å². The van der Waals surface area contributed by atoms with Gasteiger partial charge in [-0.15, -0.1) is 0 Å². The van der Waals surface area contributed by atoms with Crippen molar-refractivity contribution in [2.75, 3.05) is 19.0 Å². The molecule has 0 saturated carbocycles. The lowest BCUT2D eigenvalue weighted by atomic mass is 10.3. The van der Waals surface area contributed by atoms with Gasteiger partial charge in [0, 0.05) is 34.9 Å². The Morgan fingerprint density at radius 2 is 1.93 bits per heavy atom. The molecule has 0 bridgehead atoms. The predicted octanol–water partition coefficient (Wildman–Crippen LogP) is 2.44. The molecule has 1 rings (SSSR count). The van der Waals surface area contributed by atoms with Gasteiger partial charge in [0.1, 0.15) is 0 Å². The molecule has 0 aromatic heterocycles. The first kappa shape index (κ1) is 11.8. The van der Waals surface area contributed by atoms with Crippen LogP contribution in [-0.2, 0) is 9.05 Å². The zero-order chi connectivity index (χ0) is 10.9. The first-order chi connectivity index (χ1) is 6.32. The first-order valence-corrected chi connectivity index (χ1v) is 6.84. The molecule has 0 heterocycles. The summed E-state index contributed by atoms with van der Waals surface area (Å²) in [5.74, 6) is 0. The van der Waals surface area contributed by atoms with Crippen molar-refractivity contribution in [1.82, 2.24) is 0 Å². The maximum atomic E-state index is 11.1. The van der Waals surface area contributed by atoms with E-state index in [9.17, 15) is 8.42 Å². The third kappa shape index (κ3) is 2.62. The van der Waals surface area contributed by atoms with Gasteiger partial charge >= 0.3 is 0 Å². The second-order valence-electron chi connectivity index (χ2n) is 2.95. The molecule has 14 heavy (non-hydrogen) atoms. The lowest BCUT2D eigenvalue weighted by Gasteiger charge is -2.13. The van der Waals surface area contributed by atoms with Gasteiger partial charge in [0.2, 0.25) is 0 Å². The number of nitrogens with zero attached hydrogens (tertiary/aromatic N) is 1. The third-order valence-corrected chi connectivity index (χ3v) is 4.01. The van der Waals surface area contributed by atoms with E-state index in [0.29, 0.717) is 4.47 Å². The lowest BCUT2D eigenvalue weighted by Crippen LogP contribution is -2.09. The van der Waals surface area contributed by atoms with Crippen LogP contribution in [0.15, 0.2) is 27.6 Å². The molecule has 0 unspecified atom stereocenters. The van der Waals surface area contributed by atoms with Crippen LogP contribution < -0.4 is 4.90 Å². The van der Waals surface area contributed by atoms with Gasteiger partial charge in [0.05, 0.1) is 4.90 Å². The summed E-state index contributed by atoms with van der Waals surface area (Å²) >= 11 is 3.13. The van der Waals surface area contributed by atoms with Crippen molar-refractivity contribution in [2.45, 2.75) is 4.90 Å². The van der Waals surface area contributed by atoms with E-state index in [2.05, 4.69) is 15.9 Å². The molecule has 0 saturated heterocycles. The molecule has 0 radical (unpaired) electrons. The van der Waals surface area contributed by atoms with Gasteiger partial charge < -0.3 is 4.90 Å². The van der Waals surface area contributed by atoms with E-state index in [0.717, 1.165) is 5.69 Å². The Kier molecular flexibility index (Phi) is 3.44. The molecule has 0 aliphatic heterocycles. The summed E-state index contributed by atoms with van der Waals surface area (Å²) in [7, 11) is 5.23. The second kappa shape index (κ2) is 4.08. The van der Waals surface area contributed by atoms with Crippen LogP contribution in [0.25, 0.3) is 0 Å². The molecule has 0 amide bonds. The average molecular weight is 299 g/mol. The van der Waals surface area contributed by atoms with E-state index < -0.39 is 9.05 Å². The van der Waals surface area contributed by atoms with Crippen molar-refractivity contribution in [3.05, 3.63) is 22.7 Å². The zero-order valence-corrected chi connectivity index (χ0v) is 10.8. The smallest absolute Gasteiger partial charge is 0.262 e. The molecule has 1 aromatic carbocycles. The van der Waals surface area contributed by atoms with Crippen molar-refractivity contribution in [1.29, 1.82) is 0 Å². The molecule has 1 aromatic rings. The molecule has 0 atom stereocenters. The van der Waals surface area contributed by atoms with Crippen molar-refractivity contribution < 1.29 is 8.42 Å². The van der Waals surface area contributed by atoms with Crippen LogP contribution in [0.3, 0.4) is 0 Å². The predicted molar refractivity (Wildman–Crippen MR) is 61.5 cm³/mol. The monoisotopic (exact) mass is 297 g/mol. The SMILES string of the molecule is CN(C)c1ccc(Br)c(S(=O)(=O)Cl)c1. The fourth-order valence-electron chi connectivity index (χ4n) is 0.957. The van der Waals surface area contributed by atoms with E-state index in [4.69, 9.17) is 10.7 Å². The number of rotatable bonds is 2. The maximum absolute atomic E-state index is 11.1. The van der Waals surface area contributed by atoms with Gasteiger partial charge in [0.15, 0.2) is 0 Å². The summed E-state index contributed by atoms with van der Waals surface area (Å²) in [6.07, 6.45) is 0. The van der Waals surface area contributed by atoms with Crippen LogP contribution in [0.2, 0.25) is 0 Å². The summed E-state index contributed by atoms with van der Waals surface area (Å²) in [5, 5.41) is 0. The van der Waals surface area contributed by atoms with Crippen LogP contribution in [0, 0.1) is 0 Å². The fraction of sp³-hybridized carbons (Fsp3) is 0.250. The van der Waals surface area contributed by atoms with Crippen LogP contribution in [-0.4, -0.2) is 22.5 Å². The Balaban J connectivity index is 3.37. The maximum Gasteiger partial charge on any atom is 0.262 e. The second-order valence-corrected chi connectivity index (χ2v) is 6.34. The van der Waals surface area contributed by atoms with Crippen LogP contribution in [0.5, 0.6) is 0 Å². The van der Waals surface area contributed by atoms with E-state index in [1.807, 2.05) is 14.1 Å². The third-order valence-electron chi connectivity index (χ3n) is 1.69. The highest BCUT2D eigenvalue weighted by Crippen LogP contribution is 2.28. The van der Waals surface area contributed by atoms with Gasteiger partial charge in [-0.25, -0.2) is 8.42 Å². The molecule has 78 valence electrons. The largest absolute Gasteiger partial charge is 0.378 e. The minimum Gasteiger partial charge on any atom is -0.378 e. The van der Waals surface area contributed by atoms with Gasteiger partial charge in [0.25, 0.3) is 9.05 Å². The molecular formula is C8H9BrClNO2S. The topological polar surface area (TPSA) is 37.4 Å². The Morgan fingerprint density at radius 3 is 2.36 bits per heavy atom. The Bertz CT molecular complexity index is 445. The average Bonchev–Trinajstić information content (AvgIpc) is 2.02. The number of benzene rings is 1. The summed E-state index contributed by atoms with van der Waals surface area (Å²) in [5.41, 5.74) is 0.785. The van der Waals surface area contributed by atoms with Crippen LogP contribution >= 0.6 is 26.6 Å². The van der Waals surface area contributed by atoms with Gasteiger partial charge in [-0.1, -0.05) is 0 Å². The minimum atomic E-state index is -3.69. The molecule has 0 fully saturated rings. The lowest BCUT2D eigenvalue weighted by molar-refractivity contribution is 0.609. The quantitative estimate of drug-likeness (QED) is 0.787. The van der Waals surface area contributed by atoms with Gasteiger partial charge in [-0.3, -0.25) is 0 Å². The van der Waals surface area contributed by atoms with E-state index in [-0.39, 0.29) is 4.90 Å². The molecular weight excluding hydrogens is 290 g/mol. The van der Waals surface area contributed by atoms with E-state index in [1.165, 1.54) is 6.07 Å². The number of hydrogen-bond acceptors (Lipinski definition) is 3. The Morgan fingerprint density at radius 1 is 1.36 bits per heavy atom. The van der Waals surface area contributed by atoms with E-state index >= 15 is 0 Å². The summed E-state index contributed by atoms with van der Waals surface area (Å²) in [4.78, 5) is 1.89. The Labute approximate surface area is 96.2 Å². The number of hydrogen-bond donors (Lipinski definition) is 0. The molecule has 6 heteroatoms. The molecule has 0 spiro atoms. The van der Waals surface area contributed by atoms with Crippen LogP contribution in [0.1, 0.15) is 0 Å².